The van der Waals surface area contributed by atoms with Crippen LogP contribution in [-0.2, 0) is 0 Å². The number of amides is 2. The monoisotopic (exact) mass is 274 g/mol. The summed E-state index contributed by atoms with van der Waals surface area (Å²) < 4.78 is 0. The summed E-state index contributed by atoms with van der Waals surface area (Å²) >= 11 is 0. The number of carbonyl (C=O) groups excluding carboxylic acids is 1. The van der Waals surface area contributed by atoms with Crippen molar-refractivity contribution in [2.75, 3.05) is 18.4 Å². The molecule has 1 fully saturated rings. The van der Waals surface area contributed by atoms with Gasteiger partial charge < -0.3 is 16.0 Å². The molecule has 1 unspecified atom stereocenters. The second-order valence-corrected chi connectivity index (χ2v) is 5.18. The van der Waals surface area contributed by atoms with Gasteiger partial charge in [0.15, 0.2) is 0 Å². The van der Waals surface area contributed by atoms with E-state index in [2.05, 4.69) is 16.9 Å². The molecule has 1 aromatic rings. The number of urea groups is 1. The van der Waals surface area contributed by atoms with Gasteiger partial charge in [-0.25, -0.2) is 4.79 Å². The van der Waals surface area contributed by atoms with Crippen LogP contribution in [0.25, 0.3) is 0 Å². The third-order valence-corrected chi connectivity index (χ3v) is 3.78. The number of nitrogens with one attached hydrogen (secondary N) is 1. The van der Waals surface area contributed by atoms with Gasteiger partial charge in [0.2, 0.25) is 0 Å². The lowest BCUT2D eigenvalue weighted by Gasteiger charge is -2.34. The maximum Gasteiger partial charge on any atom is 0.321 e. The first-order valence-electron chi connectivity index (χ1n) is 7.03. The Morgan fingerprint density at radius 2 is 2.35 bits per heavy atom. The van der Waals surface area contributed by atoms with Crippen molar-refractivity contribution in [2.24, 2.45) is 11.7 Å². The molecule has 1 aromatic heterocycles. The van der Waals surface area contributed by atoms with Crippen molar-refractivity contribution in [3.05, 3.63) is 37.2 Å². The Bertz CT molecular complexity index is 440. The summed E-state index contributed by atoms with van der Waals surface area (Å²) in [4.78, 5) is 17.9. The molecule has 1 aliphatic heterocycles. The van der Waals surface area contributed by atoms with Crippen molar-refractivity contribution in [2.45, 2.75) is 25.3 Å². The number of carbonyl (C=O) groups is 1. The van der Waals surface area contributed by atoms with Crippen molar-refractivity contribution in [1.82, 2.24) is 9.88 Å². The topological polar surface area (TPSA) is 71.2 Å². The summed E-state index contributed by atoms with van der Waals surface area (Å²) in [6.07, 6.45) is 7.94. The van der Waals surface area contributed by atoms with Gasteiger partial charge in [-0.05, 0) is 37.3 Å². The molecule has 0 aliphatic carbocycles. The fraction of sp³-hybridized carbons (Fsp3) is 0.467. The lowest BCUT2D eigenvalue weighted by Crippen LogP contribution is -2.44. The molecule has 1 atom stereocenters. The smallest absolute Gasteiger partial charge is 0.321 e. The number of rotatable bonds is 4. The van der Waals surface area contributed by atoms with Gasteiger partial charge in [-0.2, -0.15) is 0 Å². The van der Waals surface area contributed by atoms with Crippen LogP contribution in [0.2, 0.25) is 0 Å². The summed E-state index contributed by atoms with van der Waals surface area (Å²) in [6.45, 7) is 5.23. The van der Waals surface area contributed by atoms with E-state index in [4.69, 9.17) is 5.73 Å². The van der Waals surface area contributed by atoms with Crippen molar-refractivity contribution < 1.29 is 4.79 Å². The van der Waals surface area contributed by atoms with Crippen LogP contribution < -0.4 is 11.1 Å². The van der Waals surface area contributed by atoms with E-state index >= 15 is 0 Å². The van der Waals surface area contributed by atoms with Crippen LogP contribution in [-0.4, -0.2) is 35.0 Å². The standard InChI is InChI=1S/C15H22N4O/c1-2-4-14(16)12-6-9-19(10-7-12)15(20)18-13-5-3-8-17-11-13/h2-3,5,8,11-12,14H,1,4,6-7,9-10,16H2,(H,18,20). The Balaban J connectivity index is 1.81. The Labute approximate surface area is 119 Å². The van der Waals surface area contributed by atoms with E-state index in [0.29, 0.717) is 5.92 Å². The van der Waals surface area contributed by atoms with Gasteiger partial charge in [0.05, 0.1) is 11.9 Å². The van der Waals surface area contributed by atoms with E-state index in [9.17, 15) is 4.79 Å². The summed E-state index contributed by atoms with van der Waals surface area (Å²) in [5, 5.41) is 2.86. The third kappa shape index (κ3) is 3.81. The number of anilines is 1. The highest BCUT2D eigenvalue weighted by Gasteiger charge is 2.26. The molecule has 0 saturated carbocycles. The fourth-order valence-corrected chi connectivity index (χ4v) is 2.55. The lowest BCUT2D eigenvalue weighted by atomic mass is 9.88. The SMILES string of the molecule is C=CCC(N)C1CCN(C(=O)Nc2cccnc2)CC1. The minimum absolute atomic E-state index is 0.0613. The molecule has 0 radical (unpaired) electrons. The van der Waals surface area contributed by atoms with Crippen LogP contribution >= 0.6 is 0 Å². The summed E-state index contributed by atoms with van der Waals surface area (Å²) in [5.74, 6) is 0.482. The Morgan fingerprint density at radius 3 is 2.95 bits per heavy atom. The van der Waals surface area contributed by atoms with Crippen molar-refractivity contribution >= 4 is 11.7 Å². The second-order valence-electron chi connectivity index (χ2n) is 5.18. The Morgan fingerprint density at radius 1 is 1.60 bits per heavy atom. The molecule has 5 heteroatoms. The predicted octanol–water partition coefficient (Wildman–Crippen LogP) is 2.23. The van der Waals surface area contributed by atoms with Crippen LogP contribution in [0.1, 0.15) is 19.3 Å². The fourth-order valence-electron chi connectivity index (χ4n) is 2.55. The van der Waals surface area contributed by atoms with E-state index in [1.807, 2.05) is 17.0 Å². The zero-order valence-electron chi connectivity index (χ0n) is 11.7. The van der Waals surface area contributed by atoms with Gasteiger partial charge in [-0.1, -0.05) is 6.08 Å². The molecule has 2 amide bonds. The van der Waals surface area contributed by atoms with E-state index in [1.165, 1.54) is 0 Å². The van der Waals surface area contributed by atoms with Crippen LogP contribution in [0.15, 0.2) is 37.2 Å². The second kappa shape index (κ2) is 7.05. The molecule has 108 valence electrons. The molecule has 0 bridgehead atoms. The normalized spacial score (nSPS) is 17.6. The average Bonchev–Trinajstić information content (AvgIpc) is 2.48. The molecular formula is C15H22N4O. The molecule has 2 heterocycles. The van der Waals surface area contributed by atoms with Crippen molar-refractivity contribution in [3.63, 3.8) is 0 Å². The summed E-state index contributed by atoms with van der Waals surface area (Å²) in [6, 6.07) is 3.73. The van der Waals surface area contributed by atoms with Gasteiger partial charge >= 0.3 is 6.03 Å². The molecule has 5 nitrogen and oxygen atoms in total. The van der Waals surface area contributed by atoms with Gasteiger partial charge in [-0.15, -0.1) is 6.58 Å². The van der Waals surface area contributed by atoms with Crippen LogP contribution in [0, 0.1) is 5.92 Å². The van der Waals surface area contributed by atoms with E-state index in [1.54, 1.807) is 18.5 Å². The van der Waals surface area contributed by atoms with Gasteiger partial charge in [-0.3, -0.25) is 4.98 Å². The molecule has 0 spiro atoms. The molecule has 20 heavy (non-hydrogen) atoms. The first-order valence-corrected chi connectivity index (χ1v) is 7.03. The number of piperidine rings is 1. The number of pyridine rings is 1. The minimum atomic E-state index is -0.0613. The number of nitrogens with two attached hydrogens (primary N) is 1. The molecule has 0 aromatic carbocycles. The first kappa shape index (κ1) is 14.5. The van der Waals surface area contributed by atoms with Gasteiger partial charge in [0.1, 0.15) is 0 Å². The Hall–Kier alpha value is -1.88. The third-order valence-electron chi connectivity index (χ3n) is 3.78. The van der Waals surface area contributed by atoms with E-state index in [0.717, 1.165) is 38.0 Å². The maximum atomic E-state index is 12.1. The van der Waals surface area contributed by atoms with Crippen molar-refractivity contribution in [3.8, 4) is 0 Å². The van der Waals surface area contributed by atoms with Gasteiger partial charge in [0.25, 0.3) is 0 Å². The van der Waals surface area contributed by atoms with Crippen molar-refractivity contribution in [1.29, 1.82) is 0 Å². The molecular weight excluding hydrogens is 252 g/mol. The van der Waals surface area contributed by atoms with E-state index in [-0.39, 0.29) is 12.1 Å². The largest absolute Gasteiger partial charge is 0.327 e. The summed E-state index contributed by atoms with van der Waals surface area (Å²) in [7, 11) is 0. The zero-order valence-corrected chi connectivity index (χ0v) is 11.7. The number of hydrogen-bond acceptors (Lipinski definition) is 3. The quantitative estimate of drug-likeness (QED) is 0.827. The van der Waals surface area contributed by atoms with Crippen LogP contribution in [0.5, 0.6) is 0 Å². The molecule has 1 aliphatic rings. The first-order chi connectivity index (χ1) is 9.70. The van der Waals surface area contributed by atoms with Crippen LogP contribution in [0.4, 0.5) is 10.5 Å². The highest BCUT2D eigenvalue weighted by molar-refractivity contribution is 5.89. The number of hydrogen-bond donors (Lipinski definition) is 2. The highest BCUT2D eigenvalue weighted by Crippen LogP contribution is 2.22. The lowest BCUT2D eigenvalue weighted by molar-refractivity contribution is 0.174. The highest BCUT2D eigenvalue weighted by atomic mass is 16.2. The number of likely N-dealkylation sites (tertiary alicyclic amines) is 1. The number of nitrogens with zero attached hydrogens (tertiary/aromatic N) is 2. The number of aromatic nitrogens is 1. The average molecular weight is 274 g/mol. The molecule has 2 rings (SSSR count). The van der Waals surface area contributed by atoms with Crippen LogP contribution in [0.3, 0.4) is 0 Å². The molecule has 1 saturated heterocycles. The van der Waals surface area contributed by atoms with Gasteiger partial charge in [0, 0.05) is 25.3 Å². The zero-order chi connectivity index (χ0) is 14.4. The Kier molecular flexibility index (Phi) is 5.12. The van der Waals surface area contributed by atoms with E-state index < -0.39 is 0 Å². The maximum absolute atomic E-state index is 12.1. The predicted molar refractivity (Wildman–Crippen MR) is 80.3 cm³/mol. The molecule has 3 N–H and O–H groups in total. The minimum Gasteiger partial charge on any atom is -0.327 e. The summed E-state index contributed by atoms with van der Waals surface area (Å²) in [5.41, 5.74) is 6.83.